The number of nitrogens with zero attached hydrogens (tertiary/aromatic N) is 1. The van der Waals surface area contributed by atoms with E-state index in [9.17, 15) is 0 Å². The standard InChI is InChI=1S/C14H15BrN2O2/c15-13-3-1-2-12-11(13)4-5-16-14(12)17-8-10-9-18-6-7-19-10/h1-5,10H,6-9H2,(H,16,17). The summed E-state index contributed by atoms with van der Waals surface area (Å²) in [7, 11) is 0. The van der Waals surface area contributed by atoms with Crippen LogP contribution in [0.1, 0.15) is 0 Å². The molecule has 1 fully saturated rings. The molecule has 100 valence electrons. The molecule has 3 rings (SSSR count). The lowest BCUT2D eigenvalue weighted by Crippen LogP contribution is -2.34. The molecular weight excluding hydrogens is 308 g/mol. The van der Waals surface area contributed by atoms with Crippen LogP contribution in [0.4, 0.5) is 5.82 Å². The number of benzene rings is 1. The van der Waals surface area contributed by atoms with Crippen LogP contribution < -0.4 is 5.32 Å². The maximum Gasteiger partial charge on any atom is 0.133 e. The first-order valence-electron chi connectivity index (χ1n) is 6.31. The minimum Gasteiger partial charge on any atom is -0.376 e. The Balaban J connectivity index is 1.79. The molecule has 0 spiro atoms. The smallest absolute Gasteiger partial charge is 0.133 e. The van der Waals surface area contributed by atoms with E-state index >= 15 is 0 Å². The topological polar surface area (TPSA) is 43.4 Å². The van der Waals surface area contributed by atoms with Gasteiger partial charge in [0.1, 0.15) is 5.82 Å². The molecule has 1 saturated heterocycles. The van der Waals surface area contributed by atoms with Crippen molar-refractivity contribution < 1.29 is 9.47 Å². The highest BCUT2D eigenvalue weighted by atomic mass is 79.9. The van der Waals surface area contributed by atoms with Gasteiger partial charge in [0.25, 0.3) is 0 Å². The summed E-state index contributed by atoms with van der Waals surface area (Å²) in [6.45, 7) is 2.71. The van der Waals surface area contributed by atoms with E-state index in [0.717, 1.165) is 21.1 Å². The minimum absolute atomic E-state index is 0.0953. The Labute approximate surface area is 120 Å². The van der Waals surface area contributed by atoms with Crippen LogP contribution in [0.25, 0.3) is 10.8 Å². The molecule has 5 heteroatoms. The van der Waals surface area contributed by atoms with Crippen molar-refractivity contribution in [3.05, 3.63) is 34.9 Å². The number of fused-ring (bicyclic) bond motifs is 1. The first-order valence-corrected chi connectivity index (χ1v) is 7.10. The maximum absolute atomic E-state index is 5.61. The monoisotopic (exact) mass is 322 g/mol. The lowest BCUT2D eigenvalue weighted by Gasteiger charge is -2.23. The van der Waals surface area contributed by atoms with Crippen molar-refractivity contribution in [3.8, 4) is 0 Å². The van der Waals surface area contributed by atoms with Crippen LogP contribution in [0.3, 0.4) is 0 Å². The first kappa shape index (κ1) is 12.8. The van der Waals surface area contributed by atoms with Gasteiger partial charge in [-0.05, 0) is 12.1 Å². The summed E-state index contributed by atoms with van der Waals surface area (Å²) in [5.74, 6) is 0.882. The average Bonchev–Trinajstić information content (AvgIpc) is 2.47. The van der Waals surface area contributed by atoms with Gasteiger partial charge >= 0.3 is 0 Å². The van der Waals surface area contributed by atoms with E-state index in [4.69, 9.17) is 9.47 Å². The van der Waals surface area contributed by atoms with Crippen molar-refractivity contribution in [2.24, 2.45) is 0 Å². The molecule has 1 atom stereocenters. The fourth-order valence-electron chi connectivity index (χ4n) is 2.17. The number of aromatic nitrogens is 1. The van der Waals surface area contributed by atoms with Gasteiger partial charge in [0, 0.05) is 28.0 Å². The fourth-order valence-corrected chi connectivity index (χ4v) is 2.67. The third kappa shape index (κ3) is 2.88. The Morgan fingerprint density at radius 3 is 3.05 bits per heavy atom. The van der Waals surface area contributed by atoms with Crippen LogP contribution in [-0.2, 0) is 9.47 Å². The Morgan fingerprint density at radius 2 is 2.21 bits per heavy atom. The summed E-state index contributed by atoms with van der Waals surface area (Å²) in [6.07, 6.45) is 1.91. The number of hydrogen-bond acceptors (Lipinski definition) is 4. The molecule has 19 heavy (non-hydrogen) atoms. The van der Waals surface area contributed by atoms with E-state index in [1.54, 1.807) is 0 Å². The van der Waals surface area contributed by atoms with E-state index in [0.29, 0.717) is 26.4 Å². The highest BCUT2D eigenvalue weighted by Gasteiger charge is 2.14. The van der Waals surface area contributed by atoms with Crippen LogP contribution in [0.2, 0.25) is 0 Å². The Kier molecular flexibility index (Phi) is 3.96. The summed E-state index contributed by atoms with van der Waals surface area (Å²) in [6, 6.07) is 8.11. The average molecular weight is 323 g/mol. The number of nitrogens with one attached hydrogen (secondary N) is 1. The molecule has 1 aliphatic heterocycles. The van der Waals surface area contributed by atoms with Crippen molar-refractivity contribution in [2.75, 3.05) is 31.7 Å². The van der Waals surface area contributed by atoms with E-state index < -0.39 is 0 Å². The molecule has 0 bridgehead atoms. The first-order chi connectivity index (χ1) is 9.34. The van der Waals surface area contributed by atoms with E-state index in [-0.39, 0.29) is 6.10 Å². The molecule has 0 radical (unpaired) electrons. The predicted molar refractivity (Wildman–Crippen MR) is 78.5 cm³/mol. The van der Waals surface area contributed by atoms with Crippen LogP contribution >= 0.6 is 15.9 Å². The molecule has 1 unspecified atom stereocenters. The molecule has 0 amide bonds. The highest BCUT2D eigenvalue weighted by Crippen LogP contribution is 2.27. The third-order valence-electron chi connectivity index (χ3n) is 3.14. The van der Waals surface area contributed by atoms with Crippen LogP contribution in [-0.4, -0.2) is 37.5 Å². The molecule has 0 aliphatic carbocycles. The zero-order valence-electron chi connectivity index (χ0n) is 10.4. The van der Waals surface area contributed by atoms with Gasteiger partial charge in [0.05, 0.1) is 25.9 Å². The van der Waals surface area contributed by atoms with Crippen molar-refractivity contribution in [1.29, 1.82) is 0 Å². The molecule has 2 aromatic rings. The third-order valence-corrected chi connectivity index (χ3v) is 3.83. The molecule has 1 aromatic carbocycles. The van der Waals surface area contributed by atoms with Gasteiger partial charge in [-0.3, -0.25) is 0 Å². The second-order valence-corrected chi connectivity index (χ2v) is 5.30. The molecule has 2 heterocycles. The second-order valence-electron chi connectivity index (χ2n) is 4.44. The van der Waals surface area contributed by atoms with Crippen LogP contribution in [0.15, 0.2) is 34.9 Å². The van der Waals surface area contributed by atoms with Gasteiger partial charge in [-0.2, -0.15) is 0 Å². The molecule has 1 aromatic heterocycles. The highest BCUT2D eigenvalue weighted by molar-refractivity contribution is 9.10. The van der Waals surface area contributed by atoms with Gasteiger partial charge in [-0.15, -0.1) is 0 Å². The van der Waals surface area contributed by atoms with Crippen molar-refractivity contribution >= 4 is 32.5 Å². The number of anilines is 1. The molecule has 1 N–H and O–H groups in total. The molecular formula is C14H15BrN2O2. The number of hydrogen-bond donors (Lipinski definition) is 1. The Morgan fingerprint density at radius 1 is 1.26 bits per heavy atom. The number of pyridine rings is 1. The summed E-state index contributed by atoms with van der Waals surface area (Å²) in [5, 5.41) is 5.61. The predicted octanol–water partition coefficient (Wildman–Crippen LogP) is 2.82. The summed E-state index contributed by atoms with van der Waals surface area (Å²) < 4.78 is 12.1. The largest absolute Gasteiger partial charge is 0.376 e. The Hall–Kier alpha value is -1.17. The van der Waals surface area contributed by atoms with Gasteiger partial charge < -0.3 is 14.8 Å². The SMILES string of the molecule is Brc1cccc2c(NCC3COCCO3)nccc12. The number of ether oxygens (including phenoxy) is 2. The zero-order chi connectivity index (χ0) is 13.1. The normalized spacial score (nSPS) is 19.5. The lowest BCUT2D eigenvalue weighted by atomic mass is 10.1. The van der Waals surface area contributed by atoms with Crippen LogP contribution in [0, 0.1) is 0 Å². The van der Waals surface area contributed by atoms with Gasteiger partial charge in [-0.25, -0.2) is 4.98 Å². The number of halogens is 1. The van der Waals surface area contributed by atoms with Gasteiger partial charge in [0.15, 0.2) is 0 Å². The van der Waals surface area contributed by atoms with E-state index in [1.807, 2.05) is 24.4 Å². The minimum atomic E-state index is 0.0953. The Bertz CT molecular complexity index is 570. The summed E-state index contributed by atoms with van der Waals surface area (Å²) in [5.41, 5.74) is 0. The van der Waals surface area contributed by atoms with Crippen molar-refractivity contribution in [2.45, 2.75) is 6.10 Å². The molecule has 4 nitrogen and oxygen atoms in total. The van der Waals surface area contributed by atoms with Crippen LogP contribution in [0.5, 0.6) is 0 Å². The zero-order valence-corrected chi connectivity index (χ0v) is 12.0. The summed E-state index contributed by atoms with van der Waals surface area (Å²) >= 11 is 3.56. The summed E-state index contributed by atoms with van der Waals surface area (Å²) in [4.78, 5) is 4.40. The maximum atomic E-state index is 5.61. The quantitative estimate of drug-likeness (QED) is 0.943. The van der Waals surface area contributed by atoms with Crippen molar-refractivity contribution in [3.63, 3.8) is 0 Å². The van der Waals surface area contributed by atoms with Gasteiger partial charge in [-0.1, -0.05) is 28.1 Å². The van der Waals surface area contributed by atoms with E-state index in [2.05, 4.69) is 32.3 Å². The number of rotatable bonds is 3. The van der Waals surface area contributed by atoms with Gasteiger partial charge in [0.2, 0.25) is 0 Å². The molecule has 1 aliphatic rings. The second kappa shape index (κ2) is 5.86. The van der Waals surface area contributed by atoms with Crippen molar-refractivity contribution in [1.82, 2.24) is 4.98 Å². The van der Waals surface area contributed by atoms with E-state index in [1.165, 1.54) is 0 Å². The lowest BCUT2D eigenvalue weighted by molar-refractivity contribution is -0.0819. The fraction of sp³-hybridized carbons (Fsp3) is 0.357. The molecule has 0 saturated carbocycles.